The summed E-state index contributed by atoms with van der Waals surface area (Å²) in [7, 11) is 2.23. The van der Waals surface area contributed by atoms with Gasteiger partial charge in [0.05, 0.1) is 7.11 Å². The van der Waals surface area contributed by atoms with Gasteiger partial charge in [-0.3, -0.25) is 4.79 Å². The molecule has 0 fully saturated rings. The van der Waals surface area contributed by atoms with Gasteiger partial charge in [-0.25, -0.2) is 9.59 Å². The summed E-state index contributed by atoms with van der Waals surface area (Å²) in [5.74, 6) is -0.917. The lowest BCUT2D eigenvalue weighted by Crippen LogP contribution is -2.53. The summed E-state index contributed by atoms with van der Waals surface area (Å²) in [5, 5.41) is 14.3. The number of hydrogen-bond acceptors (Lipinski definition) is 6. The van der Waals surface area contributed by atoms with E-state index in [0.29, 0.717) is 11.9 Å². The van der Waals surface area contributed by atoms with Crippen molar-refractivity contribution >= 4 is 30.9 Å². The Kier molecular flexibility index (Phi) is 9.85. The second-order valence-corrected chi connectivity index (χ2v) is 8.49. The molecular weight excluding hydrogens is 387 g/mol. The monoisotopic (exact) mass is 427 g/mol. The number of carbonyl (C=O) groups is 3. The van der Waals surface area contributed by atoms with Gasteiger partial charge in [0.15, 0.2) is 0 Å². The minimum Gasteiger partial charge on any atom is -0.467 e. The third kappa shape index (κ3) is 9.30. The van der Waals surface area contributed by atoms with E-state index in [0.717, 1.165) is 13.0 Å². The van der Waals surface area contributed by atoms with Crippen molar-refractivity contribution in [3.05, 3.63) is 29.8 Å². The van der Waals surface area contributed by atoms with E-state index in [1.165, 1.54) is 7.11 Å². The van der Waals surface area contributed by atoms with Gasteiger partial charge < -0.3 is 25.1 Å². The smallest absolute Gasteiger partial charge is 0.408 e. The molecule has 8 nitrogen and oxygen atoms in total. The van der Waals surface area contributed by atoms with Crippen molar-refractivity contribution in [2.75, 3.05) is 7.11 Å². The lowest BCUT2D eigenvalue weighted by atomic mass is 9.87. The molecule has 173 valence electrons. The zero-order chi connectivity index (χ0) is 22.9. The summed E-state index contributed by atoms with van der Waals surface area (Å²) in [6.45, 7) is 9.03. The molecule has 0 saturated heterocycles. The number of rotatable bonds is 9. The summed E-state index contributed by atoms with van der Waals surface area (Å²) in [6, 6.07) is 5.07. The Morgan fingerprint density at radius 2 is 1.70 bits per heavy atom. The van der Waals surface area contributed by atoms with Crippen molar-refractivity contribution < 1.29 is 34.6 Å². The first-order valence-electron chi connectivity index (χ1n) is 9.89. The maximum atomic E-state index is 12.9. The largest absolute Gasteiger partial charge is 0.467 e. The molecule has 0 unspecified atom stereocenters. The molecule has 1 aromatic carbocycles. The van der Waals surface area contributed by atoms with Gasteiger partial charge in [-0.1, -0.05) is 43.6 Å². The Morgan fingerprint density at radius 3 is 2.17 bits per heavy atom. The van der Waals surface area contributed by atoms with Gasteiger partial charge >= 0.3 is 19.5 Å². The SMILES string of the molecule is COC(=O)[C@H](CC(C)C)NC(=O)[C@H](Cc1ccc([B]O)cc1)NC(=O)OC(C)(C)C.[HH].[HH].[HH].[HH]. The fourth-order valence-electron chi connectivity index (χ4n) is 2.73. The predicted octanol–water partition coefficient (Wildman–Crippen LogP) is 2.05. The molecule has 2 amide bonds. The first-order valence-corrected chi connectivity index (χ1v) is 9.89. The molecule has 0 aliphatic rings. The van der Waals surface area contributed by atoms with Crippen LogP contribution in [-0.2, 0) is 25.5 Å². The van der Waals surface area contributed by atoms with Gasteiger partial charge in [-0.05, 0) is 38.7 Å². The van der Waals surface area contributed by atoms with Gasteiger partial charge in [0.2, 0.25) is 5.91 Å². The van der Waals surface area contributed by atoms with Crippen LogP contribution in [0.5, 0.6) is 0 Å². The molecule has 0 aliphatic carbocycles. The number of esters is 1. The third-order valence-corrected chi connectivity index (χ3v) is 4.09. The van der Waals surface area contributed by atoms with Gasteiger partial charge in [0.1, 0.15) is 17.7 Å². The van der Waals surface area contributed by atoms with Gasteiger partial charge in [0.25, 0.3) is 0 Å². The number of nitrogens with one attached hydrogen (secondary N) is 2. The fraction of sp³-hybridized carbons (Fsp3) is 0.571. The number of carbonyl (C=O) groups excluding carboxylic acids is 3. The van der Waals surface area contributed by atoms with Crippen molar-refractivity contribution in [2.45, 2.75) is 65.1 Å². The number of methoxy groups -OCH3 is 1. The van der Waals surface area contributed by atoms with E-state index in [9.17, 15) is 14.4 Å². The summed E-state index contributed by atoms with van der Waals surface area (Å²) in [5.41, 5.74) is 0.647. The minimum absolute atomic E-state index is 0. The Labute approximate surface area is 184 Å². The van der Waals surface area contributed by atoms with Crippen LogP contribution in [0.15, 0.2) is 24.3 Å². The Morgan fingerprint density at radius 1 is 1.10 bits per heavy atom. The number of hydrogen-bond donors (Lipinski definition) is 3. The molecule has 2 atom stereocenters. The summed E-state index contributed by atoms with van der Waals surface area (Å²) < 4.78 is 10.1. The highest BCUT2D eigenvalue weighted by Gasteiger charge is 2.29. The van der Waals surface area contributed by atoms with Crippen LogP contribution in [0.2, 0.25) is 0 Å². The molecule has 0 aliphatic heterocycles. The lowest BCUT2D eigenvalue weighted by Gasteiger charge is -2.25. The molecule has 3 N–H and O–H groups in total. The third-order valence-electron chi connectivity index (χ3n) is 4.09. The Hall–Kier alpha value is -2.55. The van der Waals surface area contributed by atoms with Crippen LogP contribution in [0.1, 0.15) is 52.3 Å². The molecule has 30 heavy (non-hydrogen) atoms. The van der Waals surface area contributed by atoms with E-state index in [-0.39, 0.29) is 18.0 Å². The summed E-state index contributed by atoms with van der Waals surface area (Å²) >= 11 is 0. The summed E-state index contributed by atoms with van der Waals surface area (Å²) in [4.78, 5) is 37.3. The molecule has 0 saturated carbocycles. The number of benzene rings is 1. The maximum Gasteiger partial charge on any atom is 0.408 e. The topological polar surface area (TPSA) is 114 Å². The number of ether oxygens (including phenoxy) is 2. The molecule has 9 heteroatoms. The van der Waals surface area contributed by atoms with Crippen molar-refractivity contribution in [1.82, 2.24) is 10.6 Å². The second-order valence-electron chi connectivity index (χ2n) is 8.49. The zero-order valence-corrected chi connectivity index (χ0v) is 18.5. The molecule has 1 rings (SSSR count). The first kappa shape index (κ1) is 25.5. The van der Waals surface area contributed by atoms with Gasteiger partial charge in [-0.2, -0.15) is 0 Å². The van der Waals surface area contributed by atoms with Crippen molar-refractivity contribution in [3.8, 4) is 0 Å². The standard InChI is InChI=1S/C21H32BN2O6.4H2/c1-13(2)11-17(19(26)29-6)23-18(25)16(24-20(27)30-21(3,4)5)12-14-7-9-15(22-28)10-8-14;;;;/h7-10,13,16-17,28H,11-12H2,1-6H3,(H,23,25)(H,24,27);4*1H/t16-,17-;;;;/m0..../s1. The van der Waals surface area contributed by atoms with E-state index in [1.54, 1.807) is 45.0 Å². The van der Waals surface area contributed by atoms with Crippen molar-refractivity contribution in [3.63, 3.8) is 0 Å². The van der Waals surface area contributed by atoms with Crippen molar-refractivity contribution in [2.24, 2.45) is 5.92 Å². The predicted molar refractivity (Wildman–Crippen MR) is 123 cm³/mol. The van der Waals surface area contributed by atoms with Crippen LogP contribution in [-0.4, -0.2) is 55.3 Å². The highest BCUT2D eigenvalue weighted by molar-refractivity contribution is 6.45. The Balaban J connectivity index is -0.00000112. The Bertz CT molecular complexity index is 733. The highest BCUT2D eigenvalue weighted by atomic mass is 16.6. The minimum atomic E-state index is -0.969. The molecular formula is C21H40BN2O6. The zero-order valence-electron chi connectivity index (χ0n) is 18.5. The number of amides is 2. The van der Waals surface area contributed by atoms with Crippen LogP contribution in [0.3, 0.4) is 0 Å². The molecule has 0 heterocycles. The molecule has 1 aromatic rings. The van der Waals surface area contributed by atoms with E-state index in [2.05, 4.69) is 10.6 Å². The van der Waals surface area contributed by atoms with Crippen LogP contribution >= 0.6 is 0 Å². The second kappa shape index (κ2) is 11.6. The average Bonchev–Trinajstić information content (AvgIpc) is 2.65. The fourth-order valence-corrected chi connectivity index (χ4v) is 2.73. The lowest BCUT2D eigenvalue weighted by molar-refractivity contribution is -0.145. The molecule has 1 radical (unpaired) electrons. The first-order chi connectivity index (χ1) is 13.9. The van der Waals surface area contributed by atoms with Crippen LogP contribution in [0.25, 0.3) is 0 Å². The van der Waals surface area contributed by atoms with E-state index in [1.807, 2.05) is 13.8 Å². The van der Waals surface area contributed by atoms with Crippen LogP contribution in [0, 0.1) is 5.92 Å². The van der Waals surface area contributed by atoms with E-state index in [4.69, 9.17) is 14.5 Å². The normalized spacial score (nSPS) is 13.2. The summed E-state index contributed by atoms with van der Waals surface area (Å²) in [6.07, 6.45) is -0.160. The van der Waals surface area contributed by atoms with Gasteiger partial charge in [0, 0.05) is 12.1 Å². The molecule has 0 bridgehead atoms. The highest BCUT2D eigenvalue weighted by Crippen LogP contribution is 2.10. The average molecular weight is 427 g/mol. The van der Waals surface area contributed by atoms with Crippen LogP contribution in [0.4, 0.5) is 4.79 Å². The number of alkyl carbamates (subject to hydrolysis) is 1. The van der Waals surface area contributed by atoms with E-state index >= 15 is 0 Å². The quantitative estimate of drug-likeness (QED) is 0.411. The van der Waals surface area contributed by atoms with E-state index < -0.39 is 35.7 Å². The van der Waals surface area contributed by atoms with Gasteiger partial charge in [-0.15, -0.1) is 0 Å². The molecule has 0 aromatic heterocycles. The molecule has 0 spiro atoms. The maximum absolute atomic E-state index is 12.9. The van der Waals surface area contributed by atoms with Crippen molar-refractivity contribution in [1.29, 1.82) is 0 Å². The van der Waals surface area contributed by atoms with Crippen LogP contribution < -0.4 is 16.1 Å².